The highest BCUT2D eigenvalue weighted by Gasteiger charge is 2.09. The minimum atomic E-state index is 0.232. The van der Waals surface area contributed by atoms with Crippen LogP contribution in [0.5, 0.6) is 0 Å². The summed E-state index contributed by atoms with van der Waals surface area (Å²) in [6.07, 6.45) is 5.49. The van der Waals surface area contributed by atoms with Gasteiger partial charge in [-0.1, -0.05) is 35.9 Å². The molecule has 0 amide bonds. The molecule has 0 aliphatic rings. The first kappa shape index (κ1) is 12.7. The summed E-state index contributed by atoms with van der Waals surface area (Å²) in [6.45, 7) is 2.11. The molecular weight excluding hydrogens is 222 g/mol. The van der Waals surface area contributed by atoms with Gasteiger partial charge >= 0.3 is 0 Å². The van der Waals surface area contributed by atoms with E-state index in [0.717, 1.165) is 12.8 Å². The van der Waals surface area contributed by atoms with Gasteiger partial charge in [0, 0.05) is 18.4 Å². The molecule has 0 aliphatic carbocycles. The van der Waals surface area contributed by atoms with Gasteiger partial charge in [-0.25, -0.2) is 0 Å². The van der Waals surface area contributed by atoms with Crippen LogP contribution in [0, 0.1) is 6.92 Å². The molecule has 0 saturated heterocycles. The maximum atomic E-state index is 5.64. The predicted molar refractivity (Wildman–Crippen MR) is 73.9 cm³/mol. The number of nitrogens with one attached hydrogen (secondary N) is 1. The molecule has 94 valence electrons. The second-order valence-corrected chi connectivity index (χ2v) is 4.62. The number of rotatable bonds is 5. The van der Waals surface area contributed by atoms with E-state index in [1.54, 1.807) is 6.20 Å². The van der Waals surface area contributed by atoms with Crippen molar-refractivity contribution in [3.05, 3.63) is 65.5 Å². The van der Waals surface area contributed by atoms with Crippen LogP contribution in [0.3, 0.4) is 0 Å². The maximum absolute atomic E-state index is 5.64. The zero-order valence-electron chi connectivity index (χ0n) is 10.6. The summed E-state index contributed by atoms with van der Waals surface area (Å²) in [5.41, 5.74) is 6.68. The standard InChI is InChI=1S/C15H19N3/c1-12-4-2-5-13(8-12)9-15(18-16)10-14-6-3-7-17-11-14/h2-8,11,15,18H,9-10,16H2,1H3. The topological polar surface area (TPSA) is 50.9 Å². The molecule has 0 bridgehead atoms. The lowest BCUT2D eigenvalue weighted by Gasteiger charge is -2.16. The monoisotopic (exact) mass is 241 g/mol. The van der Waals surface area contributed by atoms with Crippen molar-refractivity contribution in [3.8, 4) is 0 Å². The summed E-state index contributed by atoms with van der Waals surface area (Å²) in [6, 6.07) is 12.8. The van der Waals surface area contributed by atoms with Crippen molar-refractivity contribution in [3.63, 3.8) is 0 Å². The van der Waals surface area contributed by atoms with Crippen molar-refractivity contribution in [2.24, 2.45) is 5.84 Å². The Hall–Kier alpha value is -1.71. The molecule has 0 aliphatic heterocycles. The molecule has 1 aromatic heterocycles. The first-order valence-corrected chi connectivity index (χ1v) is 6.18. The van der Waals surface area contributed by atoms with Gasteiger partial charge in [0.1, 0.15) is 0 Å². The van der Waals surface area contributed by atoms with Crippen molar-refractivity contribution in [1.82, 2.24) is 10.4 Å². The van der Waals surface area contributed by atoms with E-state index in [0.29, 0.717) is 0 Å². The third kappa shape index (κ3) is 3.65. The van der Waals surface area contributed by atoms with Crippen LogP contribution in [0.15, 0.2) is 48.8 Å². The highest BCUT2D eigenvalue weighted by molar-refractivity contribution is 5.23. The number of hydrogen-bond acceptors (Lipinski definition) is 3. The van der Waals surface area contributed by atoms with Crippen LogP contribution in [0.2, 0.25) is 0 Å². The Balaban J connectivity index is 2.01. The maximum Gasteiger partial charge on any atom is 0.0300 e. The normalized spacial score (nSPS) is 12.3. The van der Waals surface area contributed by atoms with E-state index in [9.17, 15) is 0 Å². The molecule has 0 fully saturated rings. The van der Waals surface area contributed by atoms with Gasteiger partial charge in [0.2, 0.25) is 0 Å². The Labute approximate surface area is 108 Å². The third-order valence-corrected chi connectivity index (χ3v) is 3.01. The lowest BCUT2D eigenvalue weighted by Crippen LogP contribution is -2.38. The van der Waals surface area contributed by atoms with Gasteiger partial charge in [-0.2, -0.15) is 0 Å². The lowest BCUT2D eigenvalue weighted by molar-refractivity contribution is 0.522. The molecule has 1 heterocycles. The highest BCUT2D eigenvalue weighted by Crippen LogP contribution is 2.09. The first-order chi connectivity index (χ1) is 8.78. The van der Waals surface area contributed by atoms with Gasteiger partial charge in [0.05, 0.1) is 0 Å². The quantitative estimate of drug-likeness (QED) is 0.622. The molecule has 1 aromatic carbocycles. The van der Waals surface area contributed by atoms with E-state index in [1.807, 2.05) is 12.3 Å². The molecule has 1 atom stereocenters. The smallest absolute Gasteiger partial charge is 0.0300 e. The summed E-state index contributed by atoms with van der Waals surface area (Å²) in [5.74, 6) is 5.64. The van der Waals surface area contributed by atoms with Crippen molar-refractivity contribution in [1.29, 1.82) is 0 Å². The summed E-state index contributed by atoms with van der Waals surface area (Å²) in [5, 5.41) is 0. The van der Waals surface area contributed by atoms with Crippen LogP contribution in [0.25, 0.3) is 0 Å². The van der Waals surface area contributed by atoms with Crippen LogP contribution in [-0.4, -0.2) is 11.0 Å². The number of hydrazine groups is 1. The van der Waals surface area contributed by atoms with Crippen molar-refractivity contribution in [2.75, 3.05) is 0 Å². The van der Waals surface area contributed by atoms with Crippen molar-refractivity contribution in [2.45, 2.75) is 25.8 Å². The second-order valence-electron chi connectivity index (χ2n) is 4.62. The molecule has 0 radical (unpaired) electrons. The second kappa shape index (κ2) is 6.28. The Morgan fingerprint density at radius 2 is 1.94 bits per heavy atom. The number of nitrogens with two attached hydrogens (primary N) is 1. The molecule has 3 nitrogen and oxygen atoms in total. The number of aromatic nitrogens is 1. The SMILES string of the molecule is Cc1cccc(CC(Cc2cccnc2)NN)c1. The Morgan fingerprint density at radius 1 is 1.17 bits per heavy atom. The fourth-order valence-electron chi connectivity index (χ4n) is 2.12. The number of aryl methyl sites for hydroxylation is 1. The first-order valence-electron chi connectivity index (χ1n) is 6.18. The largest absolute Gasteiger partial charge is 0.271 e. The highest BCUT2D eigenvalue weighted by atomic mass is 15.2. The Bertz CT molecular complexity index is 482. The molecular formula is C15H19N3. The molecule has 2 aromatic rings. The van der Waals surface area contributed by atoms with E-state index >= 15 is 0 Å². The minimum Gasteiger partial charge on any atom is -0.271 e. The van der Waals surface area contributed by atoms with Crippen LogP contribution in [-0.2, 0) is 12.8 Å². The molecule has 1 unspecified atom stereocenters. The van der Waals surface area contributed by atoms with Crippen LogP contribution >= 0.6 is 0 Å². The predicted octanol–water partition coefficient (Wildman–Crippen LogP) is 2.01. The molecule has 0 saturated carbocycles. The van der Waals surface area contributed by atoms with Crippen LogP contribution < -0.4 is 11.3 Å². The van der Waals surface area contributed by atoms with E-state index in [4.69, 9.17) is 5.84 Å². The molecule has 0 spiro atoms. The lowest BCUT2D eigenvalue weighted by atomic mass is 9.99. The fourth-order valence-corrected chi connectivity index (χ4v) is 2.12. The van der Waals surface area contributed by atoms with Crippen LogP contribution in [0.4, 0.5) is 0 Å². The zero-order chi connectivity index (χ0) is 12.8. The summed E-state index contributed by atoms with van der Waals surface area (Å²) in [4.78, 5) is 4.12. The summed E-state index contributed by atoms with van der Waals surface area (Å²) >= 11 is 0. The Kier molecular flexibility index (Phi) is 4.45. The molecule has 3 heteroatoms. The minimum absolute atomic E-state index is 0.232. The third-order valence-electron chi connectivity index (χ3n) is 3.01. The summed E-state index contributed by atoms with van der Waals surface area (Å²) in [7, 11) is 0. The summed E-state index contributed by atoms with van der Waals surface area (Å²) < 4.78 is 0. The molecule has 18 heavy (non-hydrogen) atoms. The van der Waals surface area contributed by atoms with Gasteiger partial charge in [-0.3, -0.25) is 16.3 Å². The van der Waals surface area contributed by atoms with Gasteiger partial charge in [0.15, 0.2) is 0 Å². The van der Waals surface area contributed by atoms with Crippen molar-refractivity contribution < 1.29 is 0 Å². The average Bonchev–Trinajstić information content (AvgIpc) is 2.39. The van der Waals surface area contributed by atoms with E-state index in [1.165, 1.54) is 16.7 Å². The fraction of sp³-hybridized carbons (Fsp3) is 0.267. The zero-order valence-corrected chi connectivity index (χ0v) is 10.6. The van der Waals surface area contributed by atoms with Gasteiger partial charge in [0.25, 0.3) is 0 Å². The average molecular weight is 241 g/mol. The number of hydrogen-bond donors (Lipinski definition) is 2. The Morgan fingerprint density at radius 3 is 2.61 bits per heavy atom. The number of benzene rings is 1. The molecule has 3 N–H and O–H groups in total. The van der Waals surface area contributed by atoms with E-state index in [-0.39, 0.29) is 6.04 Å². The van der Waals surface area contributed by atoms with E-state index in [2.05, 4.69) is 47.7 Å². The number of nitrogens with zero attached hydrogens (tertiary/aromatic N) is 1. The van der Waals surface area contributed by atoms with Gasteiger partial charge in [-0.05, 0) is 37.0 Å². The number of pyridine rings is 1. The van der Waals surface area contributed by atoms with Crippen LogP contribution in [0.1, 0.15) is 16.7 Å². The van der Waals surface area contributed by atoms with Crippen molar-refractivity contribution >= 4 is 0 Å². The van der Waals surface area contributed by atoms with Gasteiger partial charge < -0.3 is 0 Å². The molecule has 2 rings (SSSR count). The van der Waals surface area contributed by atoms with E-state index < -0.39 is 0 Å². The van der Waals surface area contributed by atoms with Gasteiger partial charge in [-0.15, -0.1) is 0 Å².